The minimum atomic E-state index is -4.77. The summed E-state index contributed by atoms with van der Waals surface area (Å²) in [4.78, 5) is 0. The first-order chi connectivity index (χ1) is 11.8. The average Bonchev–Trinajstić information content (AvgIpc) is 2.54. The van der Waals surface area contributed by atoms with E-state index in [4.69, 9.17) is 5.73 Å². The third kappa shape index (κ3) is 4.48. The minimum Gasteiger partial charge on any atom is -0.328 e. The summed E-state index contributed by atoms with van der Waals surface area (Å²) in [6.45, 7) is 0. The molecule has 0 bridgehead atoms. The molecule has 0 aliphatic heterocycles. The molecule has 146 valence electrons. The molecular formula is C19H30F5N. The molecule has 0 amide bonds. The summed E-state index contributed by atoms with van der Waals surface area (Å²) in [6, 6.07) is 0.333. The molecule has 2 N–H and O–H groups in total. The fourth-order valence-corrected chi connectivity index (χ4v) is 5.69. The fourth-order valence-electron chi connectivity index (χ4n) is 5.69. The summed E-state index contributed by atoms with van der Waals surface area (Å²) < 4.78 is 66.5. The zero-order chi connectivity index (χ0) is 18.2. The van der Waals surface area contributed by atoms with E-state index in [0.717, 1.165) is 38.5 Å². The lowest BCUT2D eigenvalue weighted by molar-refractivity contribution is -0.220. The molecule has 2 atom stereocenters. The first-order valence-electron chi connectivity index (χ1n) is 9.86. The van der Waals surface area contributed by atoms with Crippen molar-refractivity contribution in [3.63, 3.8) is 0 Å². The number of nitrogens with two attached hydrogens (primary N) is 1. The number of alkyl halides is 5. The quantitative estimate of drug-likeness (QED) is 0.634. The van der Waals surface area contributed by atoms with Crippen LogP contribution in [-0.2, 0) is 0 Å². The van der Waals surface area contributed by atoms with Crippen LogP contribution in [-0.4, -0.2) is 24.6 Å². The number of rotatable bonds is 2. The van der Waals surface area contributed by atoms with Gasteiger partial charge in [0.15, 0.2) is 0 Å². The van der Waals surface area contributed by atoms with Crippen molar-refractivity contribution in [3.05, 3.63) is 0 Å². The summed E-state index contributed by atoms with van der Waals surface area (Å²) in [5.41, 5.74) is 5.96. The van der Waals surface area contributed by atoms with Crippen molar-refractivity contribution in [2.75, 3.05) is 0 Å². The molecule has 0 aromatic rings. The predicted molar refractivity (Wildman–Crippen MR) is 87.4 cm³/mol. The molecule has 3 aliphatic rings. The van der Waals surface area contributed by atoms with E-state index in [1.54, 1.807) is 0 Å². The lowest BCUT2D eigenvalue weighted by Gasteiger charge is -2.43. The van der Waals surface area contributed by atoms with Crippen molar-refractivity contribution in [3.8, 4) is 0 Å². The smallest absolute Gasteiger partial charge is 0.328 e. The molecule has 0 heterocycles. The molecule has 0 aromatic heterocycles. The van der Waals surface area contributed by atoms with Crippen molar-refractivity contribution < 1.29 is 22.0 Å². The van der Waals surface area contributed by atoms with Gasteiger partial charge in [0.2, 0.25) is 0 Å². The standard InChI is InChI=1S/C19H30F5N/c20-16-9-14(10-17(21)18(16)19(22,23)24)13-3-1-11(2-4-13)12-5-7-15(25)8-6-12/h11-18H,1-10,25H2. The van der Waals surface area contributed by atoms with Gasteiger partial charge in [0, 0.05) is 6.04 Å². The average molecular weight is 367 g/mol. The molecule has 0 aromatic carbocycles. The highest BCUT2D eigenvalue weighted by Gasteiger charge is 2.54. The molecule has 0 saturated heterocycles. The lowest BCUT2D eigenvalue weighted by atomic mass is 9.65. The maximum atomic E-state index is 14.0. The van der Waals surface area contributed by atoms with Gasteiger partial charge in [-0.3, -0.25) is 0 Å². The van der Waals surface area contributed by atoms with E-state index >= 15 is 0 Å². The van der Waals surface area contributed by atoms with E-state index in [1.165, 1.54) is 12.8 Å². The van der Waals surface area contributed by atoms with E-state index in [1.807, 2.05) is 0 Å². The van der Waals surface area contributed by atoms with E-state index in [2.05, 4.69) is 0 Å². The van der Waals surface area contributed by atoms with Gasteiger partial charge in [-0.2, -0.15) is 13.2 Å². The SMILES string of the molecule is NC1CCC(C2CCC(C3CC(F)C(C(F)(F)F)C(F)C3)CC2)CC1. The van der Waals surface area contributed by atoms with Crippen LogP contribution in [0.3, 0.4) is 0 Å². The van der Waals surface area contributed by atoms with Crippen LogP contribution >= 0.6 is 0 Å². The van der Waals surface area contributed by atoms with E-state index in [9.17, 15) is 22.0 Å². The van der Waals surface area contributed by atoms with Gasteiger partial charge in [-0.1, -0.05) is 0 Å². The topological polar surface area (TPSA) is 26.0 Å². The summed E-state index contributed by atoms with van der Waals surface area (Å²) in [5.74, 6) is -1.09. The molecule has 3 saturated carbocycles. The highest BCUT2D eigenvalue weighted by atomic mass is 19.4. The van der Waals surface area contributed by atoms with Crippen LogP contribution in [0.2, 0.25) is 0 Å². The largest absolute Gasteiger partial charge is 0.397 e. The Balaban J connectivity index is 1.50. The molecule has 3 fully saturated rings. The monoisotopic (exact) mass is 367 g/mol. The van der Waals surface area contributed by atoms with Crippen LogP contribution in [0.25, 0.3) is 0 Å². The van der Waals surface area contributed by atoms with Gasteiger partial charge < -0.3 is 5.73 Å². The van der Waals surface area contributed by atoms with E-state index in [-0.39, 0.29) is 24.7 Å². The Kier molecular flexibility index (Phi) is 5.96. The van der Waals surface area contributed by atoms with Crippen molar-refractivity contribution in [2.45, 2.75) is 88.8 Å². The highest BCUT2D eigenvalue weighted by molar-refractivity contribution is 4.94. The first-order valence-corrected chi connectivity index (χ1v) is 9.86. The summed E-state index contributed by atoms with van der Waals surface area (Å²) in [5, 5.41) is 0. The zero-order valence-electron chi connectivity index (χ0n) is 14.7. The lowest BCUT2D eigenvalue weighted by Crippen LogP contribution is -2.46. The summed E-state index contributed by atoms with van der Waals surface area (Å²) in [7, 11) is 0. The number of hydrogen-bond donors (Lipinski definition) is 1. The predicted octanol–water partition coefficient (Wildman–Crippen LogP) is 5.58. The van der Waals surface area contributed by atoms with Crippen molar-refractivity contribution >= 4 is 0 Å². The van der Waals surface area contributed by atoms with Gasteiger partial charge in [0.25, 0.3) is 0 Å². The molecular weight excluding hydrogens is 337 g/mol. The van der Waals surface area contributed by atoms with Crippen LogP contribution in [0.4, 0.5) is 22.0 Å². The third-order valence-corrected chi connectivity index (χ3v) is 7.18. The Morgan fingerprint density at radius 1 is 0.600 bits per heavy atom. The minimum absolute atomic E-state index is 0.127. The Morgan fingerprint density at radius 2 is 0.960 bits per heavy atom. The van der Waals surface area contributed by atoms with Crippen LogP contribution in [0.15, 0.2) is 0 Å². The summed E-state index contributed by atoms with van der Waals surface area (Å²) in [6.07, 6.45) is -0.772. The van der Waals surface area contributed by atoms with E-state index < -0.39 is 24.4 Å². The first kappa shape index (κ1) is 19.4. The maximum Gasteiger partial charge on any atom is 0.397 e. The van der Waals surface area contributed by atoms with Crippen molar-refractivity contribution in [1.29, 1.82) is 0 Å². The summed E-state index contributed by atoms with van der Waals surface area (Å²) >= 11 is 0. The van der Waals surface area contributed by atoms with Gasteiger partial charge in [-0.05, 0) is 87.9 Å². The van der Waals surface area contributed by atoms with Gasteiger partial charge in [-0.25, -0.2) is 8.78 Å². The molecule has 0 radical (unpaired) electrons. The molecule has 0 spiro atoms. The van der Waals surface area contributed by atoms with Crippen molar-refractivity contribution in [2.24, 2.45) is 35.3 Å². The van der Waals surface area contributed by atoms with Gasteiger partial charge in [0.05, 0.1) is 0 Å². The molecule has 6 heteroatoms. The maximum absolute atomic E-state index is 14.0. The molecule has 3 rings (SSSR count). The zero-order valence-corrected chi connectivity index (χ0v) is 14.7. The Morgan fingerprint density at radius 3 is 1.36 bits per heavy atom. The third-order valence-electron chi connectivity index (χ3n) is 7.18. The van der Waals surface area contributed by atoms with E-state index in [0.29, 0.717) is 17.9 Å². The van der Waals surface area contributed by atoms with Gasteiger partial charge in [0.1, 0.15) is 18.3 Å². The normalized spacial score (nSPS) is 46.8. The molecule has 1 nitrogen and oxygen atoms in total. The Bertz CT molecular complexity index is 412. The van der Waals surface area contributed by atoms with Crippen molar-refractivity contribution in [1.82, 2.24) is 0 Å². The number of hydrogen-bond acceptors (Lipinski definition) is 1. The second-order valence-corrected chi connectivity index (χ2v) is 8.68. The molecule has 25 heavy (non-hydrogen) atoms. The second kappa shape index (κ2) is 7.69. The molecule has 3 aliphatic carbocycles. The van der Waals surface area contributed by atoms with Crippen LogP contribution < -0.4 is 5.73 Å². The van der Waals surface area contributed by atoms with Crippen LogP contribution in [0, 0.1) is 29.6 Å². The Hall–Kier alpha value is -0.390. The van der Waals surface area contributed by atoms with Crippen LogP contribution in [0.5, 0.6) is 0 Å². The van der Waals surface area contributed by atoms with Gasteiger partial charge in [-0.15, -0.1) is 0 Å². The Labute approximate surface area is 146 Å². The van der Waals surface area contributed by atoms with Gasteiger partial charge >= 0.3 is 6.18 Å². The number of halogens is 5. The second-order valence-electron chi connectivity index (χ2n) is 8.68. The highest BCUT2D eigenvalue weighted by Crippen LogP contribution is 2.49. The fraction of sp³-hybridized carbons (Fsp3) is 1.00. The molecule has 2 unspecified atom stereocenters. The van der Waals surface area contributed by atoms with Crippen LogP contribution in [0.1, 0.15) is 64.2 Å².